The molecule has 0 bridgehead atoms. The van der Waals surface area contributed by atoms with Crippen molar-refractivity contribution in [1.29, 1.82) is 0 Å². The van der Waals surface area contributed by atoms with E-state index < -0.39 is 43.4 Å². The Bertz CT molecular complexity index is 1200. The molecule has 0 spiro atoms. The maximum absolute atomic E-state index is 12.9. The van der Waals surface area contributed by atoms with Gasteiger partial charge in [-0.3, -0.25) is 9.59 Å². The van der Waals surface area contributed by atoms with Gasteiger partial charge in [0.1, 0.15) is 37.1 Å². The first-order valence-electron chi connectivity index (χ1n) is 33.6. The predicted octanol–water partition coefficient (Wildman–Crippen LogP) is 18.0. The molecule has 0 aromatic carbocycles. The second kappa shape index (κ2) is 57.0. The van der Waals surface area contributed by atoms with Crippen molar-refractivity contribution in [2.45, 2.75) is 391 Å². The normalized spacial score (nSPS) is 18.1. The highest BCUT2D eigenvalue weighted by atomic mass is 16.7. The molecule has 0 amide bonds. The van der Waals surface area contributed by atoms with Crippen molar-refractivity contribution in [3.63, 3.8) is 0 Å². The summed E-state index contributed by atoms with van der Waals surface area (Å²) in [6.45, 7) is 3.90. The number of carbonyl (C=O) groups excluding carboxylic acids is 2. The first-order valence-corrected chi connectivity index (χ1v) is 33.6. The van der Waals surface area contributed by atoms with Crippen molar-refractivity contribution >= 4 is 11.9 Å². The molecule has 0 aromatic rings. The lowest BCUT2D eigenvalue weighted by molar-refractivity contribution is -0.301. The summed E-state index contributed by atoms with van der Waals surface area (Å²) in [7, 11) is 0. The Morgan fingerprint density at radius 3 is 0.947 bits per heavy atom. The Labute approximate surface area is 469 Å². The molecular weight excluding hydrogens is 953 g/mol. The molecule has 0 saturated carbocycles. The number of rotatable bonds is 60. The van der Waals surface area contributed by atoms with Crippen LogP contribution in [0.5, 0.6) is 0 Å². The topological polar surface area (TPSA) is 152 Å². The van der Waals surface area contributed by atoms with Crippen LogP contribution in [0.25, 0.3) is 0 Å². The third kappa shape index (κ3) is 46.5. The predicted molar refractivity (Wildman–Crippen MR) is 317 cm³/mol. The minimum atomic E-state index is -1.55. The molecule has 0 radical (unpaired) electrons. The molecule has 1 aliphatic rings. The number of unbranched alkanes of at least 4 members (excludes halogenated alkanes) is 48. The minimum absolute atomic E-state index is 0.0305. The molecule has 76 heavy (non-hydrogen) atoms. The van der Waals surface area contributed by atoms with Gasteiger partial charge in [-0.2, -0.15) is 0 Å². The Balaban J connectivity index is 2.13. The highest BCUT2D eigenvalue weighted by Crippen LogP contribution is 2.24. The summed E-state index contributed by atoms with van der Waals surface area (Å²) < 4.78 is 22.5. The molecule has 1 heterocycles. The average Bonchev–Trinajstić information content (AvgIpc) is 3.42. The molecule has 10 heteroatoms. The number of hydrogen-bond donors (Lipinski definition) is 4. The summed E-state index contributed by atoms with van der Waals surface area (Å²) in [5, 5.41) is 40.2. The van der Waals surface area contributed by atoms with Crippen LogP contribution >= 0.6 is 0 Å². The van der Waals surface area contributed by atoms with Crippen molar-refractivity contribution < 1.29 is 49.0 Å². The molecule has 10 nitrogen and oxygen atoms in total. The van der Waals surface area contributed by atoms with Crippen LogP contribution in [0.15, 0.2) is 0 Å². The third-order valence-corrected chi connectivity index (χ3v) is 16.3. The van der Waals surface area contributed by atoms with Crippen LogP contribution in [-0.2, 0) is 28.5 Å². The summed E-state index contributed by atoms with van der Waals surface area (Å²) in [6.07, 6.45) is 59.7. The lowest BCUT2D eigenvalue weighted by atomic mass is 9.99. The van der Waals surface area contributed by atoms with Crippen LogP contribution in [-0.4, -0.2) is 89.0 Å². The summed E-state index contributed by atoms with van der Waals surface area (Å²) in [4.78, 5) is 25.7. The van der Waals surface area contributed by atoms with Gasteiger partial charge in [-0.1, -0.05) is 322 Å². The third-order valence-electron chi connectivity index (χ3n) is 16.3. The fourth-order valence-electron chi connectivity index (χ4n) is 11.0. The van der Waals surface area contributed by atoms with Crippen molar-refractivity contribution in [3.05, 3.63) is 0 Å². The zero-order chi connectivity index (χ0) is 55.0. The van der Waals surface area contributed by atoms with E-state index in [0.717, 1.165) is 38.5 Å². The fraction of sp³-hybridized carbons (Fsp3) is 0.970. The average molecular weight is 1080 g/mol. The van der Waals surface area contributed by atoms with E-state index in [1.807, 2.05) is 0 Å². The number of hydrogen-bond acceptors (Lipinski definition) is 10. The Kier molecular flexibility index (Phi) is 54.5. The van der Waals surface area contributed by atoms with Gasteiger partial charge in [-0.15, -0.1) is 0 Å². The second-order valence-electron chi connectivity index (χ2n) is 23.6. The van der Waals surface area contributed by atoms with Crippen molar-refractivity contribution in [3.8, 4) is 0 Å². The standard InChI is InChI=1S/C66H128O10/c1-3-5-7-9-11-13-15-17-19-21-23-25-27-29-31-33-35-37-39-41-43-45-47-49-51-53-61(68)74-58-59(55-56-73-66-65(72)64(71)63(70)60(57-67)76-66)75-62(69)54-52-50-48-46-44-42-40-38-36-34-32-30-28-26-24-22-20-18-16-14-12-10-8-6-4-2/h59-60,63-67,70-72H,3-58H2,1-2H3/t59?,60-,63+,64+,65-,66-/m1/s1. The molecule has 4 N–H and O–H groups in total. The van der Waals surface area contributed by atoms with E-state index in [0.29, 0.717) is 6.42 Å². The van der Waals surface area contributed by atoms with Crippen LogP contribution < -0.4 is 0 Å². The van der Waals surface area contributed by atoms with Gasteiger partial charge in [-0.05, 0) is 12.8 Å². The van der Waals surface area contributed by atoms with E-state index in [9.17, 15) is 30.0 Å². The highest BCUT2D eigenvalue weighted by Gasteiger charge is 2.44. The summed E-state index contributed by atoms with van der Waals surface area (Å²) in [5.74, 6) is -0.659. The second-order valence-corrected chi connectivity index (χ2v) is 23.6. The van der Waals surface area contributed by atoms with Gasteiger partial charge in [0.25, 0.3) is 0 Å². The number of carbonyl (C=O) groups is 2. The van der Waals surface area contributed by atoms with E-state index in [1.165, 1.54) is 283 Å². The van der Waals surface area contributed by atoms with Crippen LogP contribution in [0.2, 0.25) is 0 Å². The quantitative estimate of drug-likeness (QED) is 0.0342. The van der Waals surface area contributed by atoms with Crippen LogP contribution in [0.3, 0.4) is 0 Å². The van der Waals surface area contributed by atoms with Gasteiger partial charge in [0.05, 0.1) is 13.2 Å². The van der Waals surface area contributed by atoms with Crippen LogP contribution in [0.1, 0.15) is 354 Å². The number of ether oxygens (including phenoxy) is 4. The molecule has 452 valence electrons. The molecule has 1 saturated heterocycles. The van der Waals surface area contributed by atoms with Crippen molar-refractivity contribution in [2.75, 3.05) is 19.8 Å². The molecule has 0 aromatic heterocycles. The Hall–Kier alpha value is -1.30. The summed E-state index contributed by atoms with van der Waals surface area (Å²) in [5.41, 5.74) is 0. The van der Waals surface area contributed by atoms with Crippen LogP contribution in [0, 0.1) is 0 Å². The smallest absolute Gasteiger partial charge is 0.306 e. The van der Waals surface area contributed by atoms with Gasteiger partial charge in [-0.25, -0.2) is 0 Å². The minimum Gasteiger partial charge on any atom is -0.462 e. The Morgan fingerprint density at radius 1 is 0.382 bits per heavy atom. The van der Waals surface area contributed by atoms with E-state index in [2.05, 4.69) is 13.8 Å². The molecule has 1 unspecified atom stereocenters. The highest BCUT2D eigenvalue weighted by molar-refractivity contribution is 5.70. The molecule has 1 rings (SSSR count). The first-order chi connectivity index (χ1) is 37.3. The molecule has 6 atom stereocenters. The lowest BCUT2D eigenvalue weighted by Gasteiger charge is -2.39. The fourth-order valence-corrected chi connectivity index (χ4v) is 11.0. The Morgan fingerprint density at radius 2 is 0.658 bits per heavy atom. The van der Waals surface area contributed by atoms with Gasteiger partial charge in [0.15, 0.2) is 6.29 Å². The lowest BCUT2D eigenvalue weighted by Crippen LogP contribution is -2.59. The zero-order valence-corrected chi connectivity index (χ0v) is 50.3. The van der Waals surface area contributed by atoms with Gasteiger partial charge < -0.3 is 39.4 Å². The van der Waals surface area contributed by atoms with Gasteiger partial charge in [0, 0.05) is 19.3 Å². The van der Waals surface area contributed by atoms with E-state index in [4.69, 9.17) is 18.9 Å². The molecular formula is C66H128O10. The molecule has 0 aliphatic carbocycles. The maximum Gasteiger partial charge on any atom is 0.306 e. The largest absolute Gasteiger partial charge is 0.462 e. The number of aliphatic hydroxyl groups is 4. The monoisotopic (exact) mass is 1080 g/mol. The zero-order valence-electron chi connectivity index (χ0n) is 50.3. The van der Waals surface area contributed by atoms with E-state index >= 15 is 0 Å². The molecule has 1 aliphatic heterocycles. The van der Waals surface area contributed by atoms with E-state index in [1.54, 1.807) is 0 Å². The maximum atomic E-state index is 12.9. The van der Waals surface area contributed by atoms with Gasteiger partial charge in [0.2, 0.25) is 0 Å². The number of esters is 2. The van der Waals surface area contributed by atoms with Crippen LogP contribution in [0.4, 0.5) is 0 Å². The first kappa shape index (κ1) is 72.7. The molecule has 1 fully saturated rings. The van der Waals surface area contributed by atoms with E-state index in [-0.39, 0.29) is 38.0 Å². The number of aliphatic hydroxyl groups excluding tert-OH is 4. The van der Waals surface area contributed by atoms with Gasteiger partial charge >= 0.3 is 11.9 Å². The summed E-state index contributed by atoms with van der Waals surface area (Å²) >= 11 is 0. The summed E-state index contributed by atoms with van der Waals surface area (Å²) in [6, 6.07) is 0. The van der Waals surface area contributed by atoms with Crippen molar-refractivity contribution in [2.24, 2.45) is 0 Å². The van der Waals surface area contributed by atoms with Crippen molar-refractivity contribution in [1.82, 2.24) is 0 Å². The SMILES string of the molecule is CCCCCCCCCCCCCCCCCCCCCCCCCCCC(=O)OCC(CCO[C@@H]1O[C@H](CO)[C@H](O)[C@H](O)[C@H]1O)OC(=O)CCCCCCCCCCCCCCCCCCCCCCCCCCC.